The summed E-state index contributed by atoms with van der Waals surface area (Å²) < 4.78 is 5.07. The van der Waals surface area contributed by atoms with Crippen molar-refractivity contribution in [1.82, 2.24) is 4.90 Å². The zero-order valence-corrected chi connectivity index (χ0v) is 9.89. The summed E-state index contributed by atoms with van der Waals surface area (Å²) in [6, 6.07) is 0. The lowest BCUT2D eigenvalue weighted by Gasteiger charge is -2.36. The van der Waals surface area contributed by atoms with Crippen molar-refractivity contribution in [3.63, 3.8) is 0 Å². The van der Waals surface area contributed by atoms with E-state index in [-0.39, 0.29) is 25.0 Å². The third-order valence-electron chi connectivity index (χ3n) is 3.52. The highest BCUT2D eigenvalue weighted by molar-refractivity contribution is 5.87. The maximum atomic E-state index is 12.2. The van der Waals surface area contributed by atoms with Gasteiger partial charge in [-0.1, -0.05) is 0 Å². The molecule has 6 heteroatoms. The summed E-state index contributed by atoms with van der Waals surface area (Å²) >= 11 is 0. The van der Waals surface area contributed by atoms with E-state index in [0.717, 1.165) is 12.8 Å². The van der Waals surface area contributed by atoms with Crippen LogP contribution in [0.15, 0.2) is 0 Å². The predicted molar refractivity (Wildman–Crippen MR) is 59.3 cm³/mol. The van der Waals surface area contributed by atoms with Crippen molar-refractivity contribution < 1.29 is 19.4 Å². The van der Waals surface area contributed by atoms with Gasteiger partial charge in [0, 0.05) is 6.54 Å². The van der Waals surface area contributed by atoms with E-state index in [1.54, 1.807) is 6.92 Å². The molecular weight excluding hydrogens is 224 g/mol. The van der Waals surface area contributed by atoms with Crippen LogP contribution in [0.4, 0.5) is 0 Å². The number of hydrogen-bond donors (Lipinski definition) is 2. The highest BCUT2D eigenvalue weighted by Crippen LogP contribution is 2.39. The molecule has 2 fully saturated rings. The Hall–Kier alpha value is -1.14. The van der Waals surface area contributed by atoms with Crippen LogP contribution in [0.25, 0.3) is 0 Å². The number of hydrogen-bond acceptors (Lipinski definition) is 4. The number of amides is 1. The second-order valence-electron chi connectivity index (χ2n) is 5.01. The molecule has 6 nitrogen and oxygen atoms in total. The Morgan fingerprint density at radius 2 is 2.12 bits per heavy atom. The van der Waals surface area contributed by atoms with E-state index in [9.17, 15) is 9.59 Å². The summed E-state index contributed by atoms with van der Waals surface area (Å²) in [5.41, 5.74) is 5.18. The first-order valence-corrected chi connectivity index (χ1v) is 5.85. The Bertz CT molecular complexity index is 338. The maximum absolute atomic E-state index is 12.2. The van der Waals surface area contributed by atoms with Crippen LogP contribution in [-0.4, -0.2) is 53.2 Å². The van der Waals surface area contributed by atoms with Gasteiger partial charge in [0.15, 0.2) is 6.10 Å². The molecule has 17 heavy (non-hydrogen) atoms. The fourth-order valence-electron chi connectivity index (χ4n) is 2.18. The van der Waals surface area contributed by atoms with Gasteiger partial charge in [-0.25, -0.2) is 4.79 Å². The number of carboxylic acids is 1. The van der Waals surface area contributed by atoms with Crippen molar-refractivity contribution in [2.45, 2.75) is 31.4 Å². The van der Waals surface area contributed by atoms with Gasteiger partial charge in [-0.05, 0) is 25.7 Å². The van der Waals surface area contributed by atoms with Crippen molar-refractivity contribution >= 4 is 11.9 Å². The highest BCUT2D eigenvalue weighted by Gasteiger charge is 2.47. The molecule has 0 aromatic heterocycles. The molecule has 2 unspecified atom stereocenters. The number of aliphatic carboxylic acids is 1. The standard InChI is InChI=1S/C11H18N2O4/c1-11(12,7-2-3-7)10(16)13-4-5-17-8(6-13)9(14)15/h7-8H,2-6,12H2,1H3,(H,14,15). The fraction of sp³-hybridized carbons (Fsp3) is 0.818. The zero-order valence-electron chi connectivity index (χ0n) is 9.89. The number of ether oxygens (including phenoxy) is 1. The van der Waals surface area contributed by atoms with Gasteiger partial charge in [-0.15, -0.1) is 0 Å². The molecule has 0 aromatic rings. The zero-order chi connectivity index (χ0) is 12.6. The predicted octanol–water partition coefficient (Wildman–Crippen LogP) is -0.574. The third kappa shape index (κ3) is 2.42. The van der Waals surface area contributed by atoms with Crippen molar-refractivity contribution in [3.8, 4) is 0 Å². The second kappa shape index (κ2) is 4.27. The number of carbonyl (C=O) groups is 2. The van der Waals surface area contributed by atoms with Crippen LogP contribution < -0.4 is 5.73 Å². The first-order chi connectivity index (χ1) is 7.93. The molecule has 0 bridgehead atoms. The molecule has 2 atom stereocenters. The lowest BCUT2D eigenvalue weighted by molar-refractivity contribution is -0.161. The number of nitrogens with zero attached hydrogens (tertiary/aromatic N) is 1. The average molecular weight is 242 g/mol. The number of carbonyl (C=O) groups excluding carboxylic acids is 1. The van der Waals surface area contributed by atoms with Crippen LogP contribution in [0.2, 0.25) is 0 Å². The minimum absolute atomic E-state index is 0.0909. The van der Waals surface area contributed by atoms with Gasteiger partial charge in [0.05, 0.1) is 18.7 Å². The first-order valence-electron chi connectivity index (χ1n) is 5.85. The van der Waals surface area contributed by atoms with E-state index in [2.05, 4.69) is 0 Å². The number of nitrogens with two attached hydrogens (primary N) is 1. The van der Waals surface area contributed by atoms with Gasteiger partial charge in [-0.3, -0.25) is 4.79 Å². The number of morpholine rings is 1. The molecule has 2 aliphatic rings. The summed E-state index contributed by atoms with van der Waals surface area (Å²) in [6.45, 7) is 2.50. The van der Waals surface area contributed by atoms with Gasteiger partial charge in [0.2, 0.25) is 5.91 Å². The SMILES string of the molecule is CC(N)(C(=O)N1CCOC(C(=O)O)C1)C1CC1. The molecule has 96 valence electrons. The minimum atomic E-state index is -1.03. The van der Waals surface area contributed by atoms with Crippen molar-refractivity contribution in [2.75, 3.05) is 19.7 Å². The molecule has 1 saturated heterocycles. The van der Waals surface area contributed by atoms with Crippen LogP contribution in [0, 0.1) is 5.92 Å². The Labute approximate surface area is 99.7 Å². The smallest absolute Gasteiger partial charge is 0.334 e. The van der Waals surface area contributed by atoms with Crippen LogP contribution in [0.5, 0.6) is 0 Å². The van der Waals surface area contributed by atoms with Gasteiger partial charge in [-0.2, -0.15) is 0 Å². The van der Waals surface area contributed by atoms with Gasteiger partial charge >= 0.3 is 5.97 Å². The lowest BCUT2D eigenvalue weighted by Crippen LogP contribution is -2.59. The van der Waals surface area contributed by atoms with Crippen LogP contribution >= 0.6 is 0 Å². The van der Waals surface area contributed by atoms with Crippen molar-refractivity contribution in [2.24, 2.45) is 11.7 Å². The Kier molecular flexibility index (Phi) is 3.09. The van der Waals surface area contributed by atoms with Crippen LogP contribution in [-0.2, 0) is 14.3 Å². The van der Waals surface area contributed by atoms with E-state index in [4.69, 9.17) is 15.6 Å². The fourth-order valence-corrected chi connectivity index (χ4v) is 2.18. The van der Waals surface area contributed by atoms with Crippen molar-refractivity contribution in [3.05, 3.63) is 0 Å². The molecule has 1 amide bonds. The maximum Gasteiger partial charge on any atom is 0.334 e. The molecule has 0 radical (unpaired) electrons. The second-order valence-corrected chi connectivity index (χ2v) is 5.01. The molecule has 3 N–H and O–H groups in total. The summed E-state index contributed by atoms with van der Waals surface area (Å²) in [4.78, 5) is 24.6. The summed E-state index contributed by atoms with van der Waals surface area (Å²) in [7, 11) is 0. The summed E-state index contributed by atoms with van der Waals surface area (Å²) in [5.74, 6) is -0.955. The summed E-state index contributed by atoms with van der Waals surface area (Å²) in [6.07, 6.45) is 1.03. The Morgan fingerprint density at radius 1 is 1.47 bits per heavy atom. The van der Waals surface area contributed by atoms with Crippen LogP contribution in [0.3, 0.4) is 0 Å². The van der Waals surface area contributed by atoms with E-state index in [1.165, 1.54) is 4.90 Å². The van der Waals surface area contributed by atoms with Gasteiger partial charge in [0.1, 0.15) is 0 Å². The molecule has 0 aromatic carbocycles. The molecule has 1 aliphatic heterocycles. The molecular formula is C11H18N2O4. The van der Waals surface area contributed by atoms with Gasteiger partial charge in [0.25, 0.3) is 0 Å². The Morgan fingerprint density at radius 3 is 2.65 bits per heavy atom. The van der Waals surface area contributed by atoms with E-state index in [1.807, 2.05) is 0 Å². The quantitative estimate of drug-likeness (QED) is 0.691. The summed E-state index contributed by atoms with van der Waals surface area (Å²) in [5, 5.41) is 8.87. The number of carboxylic acid groups (broad SMARTS) is 1. The highest BCUT2D eigenvalue weighted by atomic mass is 16.5. The third-order valence-corrected chi connectivity index (χ3v) is 3.52. The average Bonchev–Trinajstić information content (AvgIpc) is 3.12. The monoisotopic (exact) mass is 242 g/mol. The minimum Gasteiger partial charge on any atom is -0.479 e. The Balaban J connectivity index is 2.01. The molecule has 1 saturated carbocycles. The van der Waals surface area contributed by atoms with Crippen LogP contribution in [0.1, 0.15) is 19.8 Å². The molecule has 1 heterocycles. The first kappa shape index (κ1) is 12.3. The number of rotatable bonds is 3. The van der Waals surface area contributed by atoms with E-state index in [0.29, 0.717) is 6.54 Å². The molecule has 2 rings (SSSR count). The molecule has 0 spiro atoms. The largest absolute Gasteiger partial charge is 0.479 e. The molecule has 1 aliphatic carbocycles. The van der Waals surface area contributed by atoms with Crippen molar-refractivity contribution in [1.29, 1.82) is 0 Å². The topological polar surface area (TPSA) is 92.9 Å². The van der Waals surface area contributed by atoms with E-state index < -0.39 is 17.6 Å². The van der Waals surface area contributed by atoms with E-state index >= 15 is 0 Å². The normalized spacial score (nSPS) is 28.6. The lowest BCUT2D eigenvalue weighted by atomic mass is 9.95. The van der Waals surface area contributed by atoms with Gasteiger partial charge < -0.3 is 20.5 Å².